The van der Waals surface area contributed by atoms with Crippen LogP contribution < -0.4 is 5.32 Å². The zero-order valence-corrected chi connectivity index (χ0v) is 12.6. The van der Waals surface area contributed by atoms with Gasteiger partial charge in [-0.25, -0.2) is 0 Å². The van der Waals surface area contributed by atoms with Gasteiger partial charge in [0.15, 0.2) is 0 Å². The van der Waals surface area contributed by atoms with Crippen molar-refractivity contribution < 1.29 is 0 Å². The molecule has 0 bridgehead atoms. The Kier molecular flexibility index (Phi) is 4.62. The molecule has 0 aliphatic rings. The third kappa shape index (κ3) is 3.02. The minimum atomic E-state index is 0.236. The lowest BCUT2D eigenvalue weighted by atomic mass is 9.77. The first-order valence-corrected chi connectivity index (χ1v) is 6.65. The van der Waals surface area contributed by atoms with E-state index in [1.54, 1.807) is 0 Å². The normalized spacial score (nSPS) is 13.8. The molecule has 0 aromatic heterocycles. The zero-order valence-electron chi connectivity index (χ0n) is 11.8. The number of nitrogens with one attached hydrogen (secondary N) is 1. The van der Waals surface area contributed by atoms with Gasteiger partial charge in [0.1, 0.15) is 0 Å². The van der Waals surface area contributed by atoms with Crippen LogP contribution in [0.1, 0.15) is 49.9 Å². The maximum absolute atomic E-state index is 6.16. The summed E-state index contributed by atoms with van der Waals surface area (Å²) in [5, 5.41) is 4.31. The number of hydrogen-bond donors (Lipinski definition) is 1. The predicted molar refractivity (Wildman–Crippen MR) is 76.8 cm³/mol. The SMILES string of the molecule is CCC(C)(C)C(NC)c1cc(C)c(Cl)cc1C. The van der Waals surface area contributed by atoms with Gasteiger partial charge in [0.25, 0.3) is 0 Å². The summed E-state index contributed by atoms with van der Waals surface area (Å²) in [5.41, 5.74) is 4.02. The Labute approximate surface area is 111 Å². The van der Waals surface area contributed by atoms with Crippen molar-refractivity contribution in [3.05, 3.63) is 33.8 Å². The van der Waals surface area contributed by atoms with Gasteiger partial charge in [-0.1, -0.05) is 38.4 Å². The summed E-state index contributed by atoms with van der Waals surface area (Å²) in [7, 11) is 2.03. The average Bonchev–Trinajstić information content (AvgIpc) is 2.26. The van der Waals surface area contributed by atoms with Crippen molar-refractivity contribution in [3.8, 4) is 0 Å². The Morgan fingerprint density at radius 2 is 1.82 bits per heavy atom. The summed E-state index contributed by atoms with van der Waals surface area (Å²) in [6.45, 7) is 11.0. The van der Waals surface area contributed by atoms with Crippen LogP contribution in [-0.2, 0) is 0 Å². The molecule has 0 fully saturated rings. The lowest BCUT2D eigenvalue weighted by Gasteiger charge is -2.35. The van der Waals surface area contributed by atoms with Crippen LogP contribution in [0.4, 0.5) is 0 Å². The summed E-state index contributed by atoms with van der Waals surface area (Å²) in [6, 6.07) is 4.65. The number of rotatable bonds is 4. The molecule has 0 amide bonds. The molecule has 0 saturated heterocycles. The second-order valence-electron chi connectivity index (χ2n) is 5.52. The Hall–Kier alpha value is -0.530. The molecule has 0 aliphatic heterocycles. The maximum atomic E-state index is 6.16. The molecule has 1 nitrogen and oxygen atoms in total. The molecule has 96 valence electrons. The Balaban J connectivity index is 3.26. The molecular formula is C15H24ClN. The fourth-order valence-electron chi connectivity index (χ4n) is 2.29. The van der Waals surface area contributed by atoms with Gasteiger partial charge in [0.05, 0.1) is 0 Å². The molecule has 1 rings (SSSR count). The van der Waals surface area contributed by atoms with E-state index in [1.807, 2.05) is 7.05 Å². The highest BCUT2D eigenvalue weighted by molar-refractivity contribution is 6.31. The first-order chi connectivity index (χ1) is 7.83. The van der Waals surface area contributed by atoms with Crippen LogP contribution in [0.3, 0.4) is 0 Å². The summed E-state index contributed by atoms with van der Waals surface area (Å²) < 4.78 is 0. The average molecular weight is 254 g/mol. The van der Waals surface area contributed by atoms with Gasteiger partial charge in [-0.05, 0) is 55.5 Å². The van der Waals surface area contributed by atoms with Crippen molar-refractivity contribution in [2.45, 2.75) is 47.1 Å². The highest BCUT2D eigenvalue weighted by atomic mass is 35.5. The molecule has 0 radical (unpaired) electrons. The van der Waals surface area contributed by atoms with Gasteiger partial charge in [-0.3, -0.25) is 0 Å². The van der Waals surface area contributed by atoms with Crippen molar-refractivity contribution >= 4 is 11.6 Å². The maximum Gasteiger partial charge on any atom is 0.0438 e. The number of halogens is 1. The molecule has 1 N–H and O–H groups in total. The van der Waals surface area contributed by atoms with Gasteiger partial charge in [-0.15, -0.1) is 0 Å². The largest absolute Gasteiger partial charge is 0.313 e. The smallest absolute Gasteiger partial charge is 0.0438 e. The molecule has 1 unspecified atom stereocenters. The van der Waals surface area contributed by atoms with E-state index in [9.17, 15) is 0 Å². The summed E-state index contributed by atoms with van der Waals surface area (Å²) in [4.78, 5) is 0. The van der Waals surface area contributed by atoms with E-state index in [-0.39, 0.29) is 5.41 Å². The van der Waals surface area contributed by atoms with Crippen LogP contribution in [0, 0.1) is 19.3 Å². The summed E-state index contributed by atoms with van der Waals surface area (Å²) >= 11 is 6.16. The molecule has 1 aromatic carbocycles. The van der Waals surface area contributed by atoms with E-state index in [0.29, 0.717) is 6.04 Å². The molecule has 17 heavy (non-hydrogen) atoms. The highest BCUT2D eigenvalue weighted by Gasteiger charge is 2.29. The van der Waals surface area contributed by atoms with Crippen LogP contribution in [0.5, 0.6) is 0 Å². The molecule has 1 atom stereocenters. The van der Waals surface area contributed by atoms with Crippen molar-refractivity contribution in [1.82, 2.24) is 5.32 Å². The van der Waals surface area contributed by atoms with E-state index in [2.05, 4.69) is 52.1 Å². The van der Waals surface area contributed by atoms with E-state index in [0.717, 1.165) is 17.0 Å². The predicted octanol–water partition coefficient (Wildman–Crippen LogP) is 4.65. The molecule has 0 spiro atoms. The van der Waals surface area contributed by atoms with Gasteiger partial charge in [0, 0.05) is 11.1 Å². The minimum absolute atomic E-state index is 0.236. The summed E-state index contributed by atoms with van der Waals surface area (Å²) in [5.74, 6) is 0. The first-order valence-electron chi connectivity index (χ1n) is 6.27. The van der Waals surface area contributed by atoms with Crippen LogP contribution in [0.15, 0.2) is 12.1 Å². The Morgan fingerprint density at radius 1 is 1.24 bits per heavy atom. The number of aryl methyl sites for hydroxylation is 2. The van der Waals surface area contributed by atoms with Crippen molar-refractivity contribution in [1.29, 1.82) is 0 Å². The van der Waals surface area contributed by atoms with E-state index >= 15 is 0 Å². The van der Waals surface area contributed by atoms with Gasteiger partial charge >= 0.3 is 0 Å². The molecule has 0 heterocycles. The monoisotopic (exact) mass is 253 g/mol. The van der Waals surface area contributed by atoms with Crippen LogP contribution in [-0.4, -0.2) is 7.05 Å². The van der Waals surface area contributed by atoms with Crippen molar-refractivity contribution in [3.63, 3.8) is 0 Å². The number of hydrogen-bond acceptors (Lipinski definition) is 1. The summed E-state index contributed by atoms with van der Waals surface area (Å²) in [6.07, 6.45) is 1.14. The molecular weight excluding hydrogens is 230 g/mol. The van der Waals surface area contributed by atoms with E-state index in [1.165, 1.54) is 11.1 Å². The molecule has 0 saturated carbocycles. The van der Waals surface area contributed by atoms with Crippen LogP contribution >= 0.6 is 11.6 Å². The van der Waals surface area contributed by atoms with Crippen LogP contribution in [0.25, 0.3) is 0 Å². The third-order valence-corrected chi connectivity index (χ3v) is 4.25. The van der Waals surface area contributed by atoms with E-state index in [4.69, 9.17) is 11.6 Å². The topological polar surface area (TPSA) is 12.0 Å². The second kappa shape index (κ2) is 5.41. The van der Waals surface area contributed by atoms with Crippen molar-refractivity contribution in [2.24, 2.45) is 5.41 Å². The molecule has 1 aromatic rings. The zero-order chi connectivity index (χ0) is 13.2. The lowest BCUT2D eigenvalue weighted by molar-refractivity contribution is 0.244. The van der Waals surface area contributed by atoms with Gasteiger partial charge in [-0.2, -0.15) is 0 Å². The fraction of sp³-hybridized carbons (Fsp3) is 0.600. The third-order valence-electron chi connectivity index (χ3n) is 3.84. The number of benzene rings is 1. The quantitative estimate of drug-likeness (QED) is 0.823. The molecule has 2 heteroatoms. The Bertz CT molecular complexity index is 396. The lowest BCUT2D eigenvalue weighted by Crippen LogP contribution is -2.32. The Morgan fingerprint density at radius 3 is 2.29 bits per heavy atom. The van der Waals surface area contributed by atoms with Crippen LogP contribution in [0.2, 0.25) is 5.02 Å². The standard InChI is InChI=1S/C15H24ClN/c1-7-15(4,5)14(17-6)12-8-11(3)13(16)9-10(12)2/h8-9,14,17H,7H2,1-6H3. The fourth-order valence-corrected chi connectivity index (χ4v) is 2.50. The second-order valence-corrected chi connectivity index (χ2v) is 5.93. The van der Waals surface area contributed by atoms with Gasteiger partial charge in [0.2, 0.25) is 0 Å². The first kappa shape index (κ1) is 14.5. The van der Waals surface area contributed by atoms with Crippen molar-refractivity contribution in [2.75, 3.05) is 7.05 Å². The van der Waals surface area contributed by atoms with E-state index < -0.39 is 0 Å². The highest BCUT2D eigenvalue weighted by Crippen LogP contribution is 2.38. The molecule has 0 aliphatic carbocycles. The minimum Gasteiger partial charge on any atom is -0.313 e. The van der Waals surface area contributed by atoms with Gasteiger partial charge < -0.3 is 5.32 Å².